The van der Waals surface area contributed by atoms with E-state index in [1.54, 1.807) is 0 Å². The fraction of sp³-hybridized carbons (Fsp3) is 0.517. The standard InChI is InChI=1S/C29H38N2O2.Y/c1-22-10-8-11-23(2)29(22)30-28(33)21-31(19-25-14-4-3-5-15-25)17-9-16-26(20-31)27(32)18-24-12-6-7-13-24;/h3-5,8,10-11,14-15,24,26H,6-7,9,12-13,16-21H2,1-2H3;/p+1. The first kappa shape index (κ1) is 27.2. The van der Waals surface area contributed by atoms with Gasteiger partial charge in [-0.05, 0) is 43.7 Å². The van der Waals surface area contributed by atoms with E-state index in [-0.39, 0.29) is 44.5 Å². The van der Waals surface area contributed by atoms with Crippen molar-refractivity contribution in [1.82, 2.24) is 0 Å². The molecule has 1 saturated carbocycles. The van der Waals surface area contributed by atoms with E-state index in [2.05, 4.69) is 29.6 Å². The van der Waals surface area contributed by atoms with Gasteiger partial charge in [-0.1, -0.05) is 74.2 Å². The number of nitrogens with one attached hydrogen (secondary N) is 1. The molecule has 1 N–H and O–H groups in total. The van der Waals surface area contributed by atoms with Crippen LogP contribution in [-0.2, 0) is 48.8 Å². The third kappa shape index (κ3) is 7.09. The Bertz CT molecular complexity index is 951. The van der Waals surface area contributed by atoms with Crippen molar-refractivity contribution in [3.05, 3.63) is 65.2 Å². The van der Waals surface area contributed by atoms with Gasteiger partial charge >= 0.3 is 0 Å². The molecule has 2 unspecified atom stereocenters. The van der Waals surface area contributed by atoms with Crippen LogP contribution in [0.4, 0.5) is 5.69 Å². The van der Waals surface area contributed by atoms with Crippen molar-refractivity contribution >= 4 is 17.4 Å². The number of quaternary nitrogens is 1. The number of anilines is 1. The van der Waals surface area contributed by atoms with Crippen LogP contribution in [0.5, 0.6) is 0 Å². The number of nitrogens with zero attached hydrogens (tertiary/aromatic N) is 1. The quantitative estimate of drug-likeness (QED) is 0.433. The number of piperidine rings is 1. The van der Waals surface area contributed by atoms with Crippen LogP contribution >= 0.6 is 0 Å². The van der Waals surface area contributed by atoms with E-state index in [9.17, 15) is 9.59 Å². The predicted octanol–water partition coefficient (Wildman–Crippen LogP) is 5.82. The van der Waals surface area contributed by atoms with Gasteiger partial charge in [0.15, 0.2) is 6.54 Å². The summed E-state index contributed by atoms with van der Waals surface area (Å²) in [6, 6.07) is 16.6. The SMILES string of the molecule is Cc1cccc(C)c1NC(=O)C[N+]1(Cc2ccccc2)CCCC(C(=O)CC2CCCC2)C1.[Y]. The second kappa shape index (κ2) is 12.6. The van der Waals surface area contributed by atoms with Crippen LogP contribution in [0.25, 0.3) is 0 Å². The van der Waals surface area contributed by atoms with Gasteiger partial charge in [0.25, 0.3) is 5.91 Å². The Morgan fingerprint density at radius 2 is 1.59 bits per heavy atom. The van der Waals surface area contributed by atoms with Gasteiger partial charge in [0.2, 0.25) is 0 Å². The minimum atomic E-state index is 0. The maximum atomic E-state index is 13.3. The third-order valence-electron chi connectivity index (χ3n) is 7.80. The Kier molecular flexibility index (Phi) is 10.1. The molecule has 1 aliphatic heterocycles. The Hall–Kier alpha value is -1.36. The summed E-state index contributed by atoms with van der Waals surface area (Å²) >= 11 is 0. The van der Waals surface area contributed by atoms with E-state index in [4.69, 9.17) is 0 Å². The summed E-state index contributed by atoms with van der Waals surface area (Å²) in [6.45, 7) is 7.01. The Morgan fingerprint density at radius 3 is 2.26 bits per heavy atom. The molecule has 2 aliphatic rings. The Labute approximate surface area is 230 Å². The van der Waals surface area contributed by atoms with Gasteiger partial charge in [-0.2, -0.15) is 0 Å². The first-order chi connectivity index (χ1) is 15.9. The molecule has 2 fully saturated rings. The number of carbonyl (C=O) groups is 2. The number of ketones is 1. The summed E-state index contributed by atoms with van der Waals surface area (Å²) in [5, 5.41) is 3.20. The number of likely N-dealkylation sites (tertiary alicyclic amines) is 1. The van der Waals surface area contributed by atoms with E-state index in [1.807, 2.05) is 38.1 Å². The average Bonchev–Trinajstić information content (AvgIpc) is 3.30. The fourth-order valence-electron chi connectivity index (χ4n) is 6.06. The van der Waals surface area contributed by atoms with Crippen molar-refractivity contribution in [2.24, 2.45) is 11.8 Å². The van der Waals surface area contributed by atoms with Gasteiger partial charge in [-0.15, -0.1) is 0 Å². The third-order valence-corrected chi connectivity index (χ3v) is 7.80. The summed E-state index contributed by atoms with van der Waals surface area (Å²) in [4.78, 5) is 26.6. The summed E-state index contributed by atoms with van der Waals surface area (Å²) < 4.78 is 0.669. The van der Waals surface area contributed by atoms with Crippen LogP contribution in [-0.4, -0.2) is 35.8 Å². The van der Waals surface area contributed by atoms with E-state index in [1.165, 1.54) is 31.2 Å². The molecule has 4 nitrogen and oxygen atoms in total. The molecular weight excluding hydrogens is 497 g/mol. The van der Waals surface area contributed by atoms with Gasteiger partial charge in [0.05, 0.1) is 19.0 Å². The molecule has 2 aromatic rings. The molecule has 0 bridgehead atoms. The smallest absolute Gasteiger partial charge is 0.279 e. The number of aryl methyl sites for hydroxylation is 2. The van der Waals surface area contributed by atoms with E-state index < -0.39 is 0 Å². The van der Waals surface area contributed by atoms with Crippen molar-refractivity contribution in [2.75, 3.05) is 25.0 Å². The molecule has 1 radical (unpaired) electrons. The molecule has 0 aromatic heterocycles. The molecule has 2 aromatic carbocycles. The number of carbonyl (C=O) groups excluding carboxylic acids is 2. The second-order valence-corrected chi connectivity index (χ2v) is 10.5. The Morgan fingerprint density at radius 1 is 0.912 bits per heavy atom. The molecule has 179 valence electrons. The molecule has 1 amide bonds. The first-order valence-corrected chi connectivity index (χ1v) is 12.7. The van der Waals surface area contributed by atoms with Crippen molar-refractivity contribution in [2.45, 2.75) is 65.3 Å². The largest absolute Gasteiger partial charge is 0.321 e. The van der Waals surface area contributed by atoms with Crippen molar-refractivity contribution < 1.29 is 46.8 Å². The zero-order chi connectivity index (χ0) is 23.3. The molecule has 1 aliphatic carbocycles. The van der Waals surface area contributed by atoms with Crippen LogP contribution < -0.4 is 5.32 Å². The molecule has 34 heavy (non-hydrogen) atoms. The number of hydrogen-bond acceptors (Lipinski definition) is 2. The normalized spacial score (nSPS) is 22.7. The zero-order valence-corrected chi connectivity index (χ0v) is 23.7. The molecule has 1 saturated heterocycles. The summed E-state index contributed by atoms with van der Waals surface area (Å²) in [6.07, 6.45) is 7.68. The Balaban J connectivity index is 0.00000324. The minimum absolute atomic E-state index is 0. The summed E-state index contributed by atoms with van der Waals surface area (Å²) in [5.41, 5.74) is 4.33. The number of para-hydroxylation sites is 1. The molecule has 5 heteroatoms. The average molecular weight is 537 g/mol. The summed E-state index contributed by atoms with van der Waals surface area (Å²) in [5.74, 6) is 1.15. The maximum Gasteiger partial charge on any atom is 0.279 e. The van der Waals surface area contributed by atoms with Crippen LogP contribution in [0.15, 0.2) is 48.5 Å². The van der Waals surface area contributed by atoms with Crippen LogP contribution in [0.2, 0.25) is 0 Å². The van der Waals surface area contributed by atoms with Crippen LogP contribution in [0.1, 0.15) is 61.6 Å². The van der Waals surface area contributed by atoms with Crippen molar-refractivity contribution in [3.63, 3.8) is 0 Å². The molecule has 1 heterocycles. The number of hydrogen-bond donors (Lipinski definition) is 1. The van der Waals surface area contributed by atoms with Gasteiger partial charge in [0, 0.05) is 50.4 Å². The topological polar surface area (TPSA) is 46.2 Å². The fourth-order valence-corrected chi connectivity index (χ4v) is 6.06. The first-order valence-electron chi connectivity index (χ1n) is 12.7. The van der Waals surface area contributed by atoms with Crippen molar-refractivity contribution in [1.29, 1.82) is 0 Å². The second-order valence-electron chi connectivity index (χ2n) is 10.5. The van der Waals surface area contributed by atoms with Crippen LogP contribution in [0.3, 0.4) is 0 Å². The molecule has 4 rings (SSSR count). The molecule has 0 spiro atoms. The van der Waals surface area contributed by atoms with Gasteiger partial charge < -0.3 is 9.80 Å². The monoisotopic (exact) mass is 536 g/mol. The van der Waals surface area contributed by atoms with E-state index in [0.717, 1.165) is 55.7 Å². The zero-order valence-electron chi connectivity index (χ0n) is 20.9. The number of Topliss-reactive ketones (excluding diaryl/α,β-unsaturated/α-hetero) is 1. The van der Waals surface area contributed by atoms with E-state index in [0.29, 0.717) is 22.7 Å². The number of benzene rings is 2. The molecule has 2 atom stereocenters. The van der Waals surface area contributed by atoms with E-state index >= 15 is 0 Å². The summed E-state index contributed by atoms with van der Waals surface area (Å²) in [7, 11) is 0. The maximum absolute atomic E-state index is 13.3. The molecular formula is C29H39N2O2Y+. The minimum Gasteiger partial charge on any atom is -0.321 e. The van der Waals surface area contributed by atoms with Gasteiger partial charge in [0.1, 0.15) is 12.3 Å². The van der Waals surface area contributed by atoms with Gasteiger partial charge in [-0.3, -0.25) is 9.59 Å². The van der Waals surface area contributed by atoms with Crippen LogP contribution in [0, 0.1) is 25.7 Å². The predicted molar refractivity (Wildman–Crippen MR) is 134 cm³/mol. The number of rotatable bonds is 8. The van der Waals surface area contributed by atoms with Gasteiger partial charge in [-0.25, -0.2) is 0 Å². The number of amides is 1. The van der Waals surface area contributed by atoms with Crippen molar-refractivity contribution in [3.8, 4) is 0 Å².